The summed E-state index contributed by atoms with van der Waals surface area (Å²) in [6.07, 6.45) is 6.21. The van der Waals surface area contributed by atoms with Gasteiger partial charge in [-0.2, -0.15) is 16.7 Å². The number of aryl methyl sites for hydroxylation is 1. The lowest BCUT2D eigenvalue weighted by Gasteiger charge is -2.40. The van der Waals surface area contributed by atoms with Crippen LogP contribution >= 0.6 is 11.8 Å². The van der Waals surface area contributed by atoms with Crippen LogP contribution in [0.25, 0.3) is 0 Å². The molecule has 1 fully saturated rings. The molecule has 106 valence electrons. The fraction of sp³-hybridized carbons (Fsp3) is 0.714. The van der Waals surface area contributed by atoms with Crippen LogP contribution in [0.3, 0.4) is 0 Å². The fourth-order valence-corrected chi connectivity index (χ4v) is 3.10. The molecule has 19 heavy (non-hydrogen) atoms. The summed E-state index contributed by atoms with van der Waals surface area (Å²) in [4.78, 5) is 8.84. The molecule has 0 atom stereocenters. The number of nitrogens with zero attached hydrogens (tertiary/aromatic N) is 2. The van der Waals surface area contributed by atoms with Gasteiger partial charge in [0.1, 0.15) is 0 Å². The van der Waals surface area contributed by atoms with Gasteiger partial charge < -0.3 is 10.1 Å². The highest BCUT2D eigenvalue weighted by Crippen LogP contribution is 2.42. The number of thioether (sulfide) groups is 1. The molecule has 4 nitrogen and oxygen atoms in total. The summed E-state index contributed by atoms with van der Waals surface area (Å²) in [6, 6.07) is 1.87. The topological polar surface area (TPSA) is 47.0 Å². The number of hydrogen-bond acceptors (Lipinski definition) is 5. The Labute approximate surface area is 119 Å². The first kappa shape index (κ1) is 14.4. The van der Waals surface area contributed by atoms with E-state index in [0.717, 1.165) is 12.2 Å². The summed E-state index contributed by atoms with van der Waals surface area (Å²) in [7, 11) is 0. The zero-order valence-electron chi connectivity index (χ0n) is 12.2. The second kappa shape index (κ2) is 5.99. The van der Waals surface area contributed by atoms with Gasteiger partial charge in [0, 0.05) is 23.1 Å². The molecular formula is C14H23N3OS. The second-order valence-electron chi connectivity index (χ2n) is 5.43. The zero-order valence-corrected chi connectivity index (χ0v) is 13.0. The quantitative estimate of drug-likeness (QED) is 0.867. The average molecular weight is 281 g/mol. The molecule has 2 rings (SSSR count). The molecule has 0 amide bonds. The minimum atomic E-state index is 0.131. The standard InChI is InChI=1S/C14H23N3OS/c1-10(2)18-12-8-11(3)16-13(17-12)15-9-14(19-4)6-5-7-14/h8,10H,5-7,9H2,1-4H3,(H,15,16,17). The van der Waals surface area contributed by atoms with Crippen molar-refractivity contribution >= 4 is 17.7 Å². The highest BCUT2D eigenvalue weighted by atomic mass is 32.2. The molecule has 0 aromatic carbocycles. The molecule has 1 aliphatic rings. The van der Waals surface area contributed by atoms with E-state index >= 15 is 0 Å². The number of ether oxygens (including phenoxy) is 1. The van der Waals surface area contributed by atoms with Gasteiger partial charge in [-0.1, -0.05) is 6.42 Å². The van der Waals surface area contributed by atoms with E-state index in [4.69, 9.17) is 4.74 Å². The average Bonchev–Trinajstić information content (AvgIpc) is 2.26. The molecule has 0 aliphatic heterocycles. The minimum absolute atomic E-state index is 0.131. The minimum Gasteiger partial charge on any atom is -0.475 e. The van der Waals surface area contributed by atoms with Crippen molar-refractivity contribution in [3.63, 3.8) is 0 Å². The number of anilines is 1. The largest absolute Gasteiger partial charge is 0.475 e. The lowest BCUT2D eigenvalue weighted by Crippen LogP contribution is -2.40. The second-order valence-corrected chi connectivity index (χ2v) is 6.71. The first-order chi connectivity index (χ1) is 9.03. The predicted molar refractivity (Wildman–Crippen MR) is 81.1 cm³/mol. The molecule has 1 aliphatic carbocycles. The highest BCUT2D eigenvalue weighted by Gasteiger charge is 2.36. The van der Waals surface area contributed by atoms with Crippen molar-refractivity contribution in [3.05, 3.63) is 11.8 Å². The normalized spacial score (nSPS) is 17.1. The van der Waals surface area contributed by atoms with Crippen LogP contribution in [0.5, 0.6) is 5.88 Å². The Balaban J connectivity index is 2.01. The molecular weight excluding hydrogens is 258 g/mol. The summed E-state index contributed by atoms with van der Waals surface area (Å²) in [5.74, 6) is 1.33. The first-order valence-electron chi connectivity index (χ1n) is 6.84. The van der Waals surface area contributed by atoms with Crippen LogP contribution in [0.4, 0.5) is 5.95 Å². The highest BCUT2D eigenvalue weighted by molar-refractivity contribution is 8.00. The maximum Gasteiger partial charge on any atom is 0.226 e. The van der Waals surface area contributed by atoms with E-state index in [1.165, 1.54) is 19.3 Å². The molecule has 0 bridgehead atoms. The van der Waals surface area contributed by atoms with Gasteiger partial charge in [-0.05, 0) is 39.9 Å². The Morgan fingerprint density at radius 1 is 1.42 bits per heavy atom. The van der Waals surface area contributed by atoms with Gasteiger partial charge in [-0.15, -0.1) is 0 Å². The van der Waals surface area contributed by atoms with E-state index in [1.807, 2.05) is 38.6 Å². The maximum absolute atomic E-state index is 5.64. The third kappa shape index (κ3) is 3.75. The molecule has 1 aromatic heterocycles. The summed E-state index contributed by atoms with van der Waals surface area (Å²) in [5.41, 5.74) is 0.931. The van der Waals surface area contributed by atoms with Crippen molar-refractivity contribution in [1.82, 2.24) is 9.97 Å². The van der Waals surface area contributed by atoms with Crippen LogP contribution < -0.4 is 10.1 Å². The van der Waals surface area contributed by atoms with Gasteiger partial charge in [-0.25, -0.2) is 4.98 Å². The van der Waals surface area contributed by atoms with Crippen molar-refractivity contribution in [2.45, 2.75) is 50.9 Å². The van der Waals surface area contributed by atoms with Gasteiger partial charge in [0.2, 0.25) is 11.8 Å². The molecule has 0 saturated heterocycles. The maximum atomic E-state index is 5.64. The van der Waals surface area contributed by atoms with E-state index in [1.54, 1.807) is 0 Å². The van der Waals surface area contributed by atoms with Gasteiger partial charge in [-0.3, -0.25) is 0 Å². The van der Waals surface area contributed by atoms with Gasteiger partial charge >= 0.3 is 0 Å². The summed E-state index contributed by atoms with van der Waals surface area (Å²) >= 11 is 1.95. The zero-order chi connectivity index (χ0) is 13.9. The number of nitrogens with one attached hydrogen (secondary N) is 1. The van der Waals surface area contributed by atoms with Crippen molar-refractivity contribution in [3.8, 4) is 5.88 Å². The summed E-state index contributed by atoms with van der Waals surface area (Å²) in [5, 5.41) is 3.37. The molecule has 0 spiro atoms. The smallest absolute Gasteiger partial charge is 0.226 e. The molecule has 0 unspecified atom stereocenters. The molecule has 1 heterocycles. The van der Waals surface area contributed by atoms with Crippen molar-refractivity contribution in [1.29, 1.82) is 0 Å². The van der Waals surface area contributed by atoms with Crippen LogP contribution in [0.15, 0.2) is 6.07 Å². The van der Waals surface area contributed by atoms with E-state index in [2.05, 4.69) is 21.5 Å². The third-order valence-corrected chi connectivity index (χ3v) is 4.87. The van der Waals surface area contributed by atoms with Gasteiger partial charge in [0.25, 0.3) is 0 Å². The number of aromatic nitrogens is 2. The third-order valence-electron chi connectivity index (χ3n) is 3.45. The number of hydrogen-bond donors (Lipinski definition) is 1. The Bertz CT molecular complexity index is 427. The first-order valence-corrected chi connectivity index (χ1v) is 8.07. The Morgan fingerprint density at radius 2 is 2.16 bits per heavy atom. The van der Waals surface area contributed by atoms with E-state index in [9.17, 15) is 0 Å². The van der Waals surface area contributed by atoms with Crippen molar-refractivity contribution in [2.75, 3.05) is 18.1 Å². The fourth-order valence-electron chi connectivity index (χ4n) is 2.18. The Kier molecular flexibility index (Phi) is 4.55. The summed E-state index contributed by atoms with van der Waals surface area (Å²) < 4.78 is 6.02. The van der Waals surface area contributed by atoms with Crippen LogP contribution in [-0.2, 0) is 0 Å². The van der Waals surface area contributed by atoms with Crippen LogP contribution in [0, 0.1) is 6.92 Å². The molecule has 1 aromatic rings. The molecule has 5 heteroatoms. The van der Waals surface area contributed by atoms with Crippen LogP contribution in [-0.4, -0.2) is 33.6 Å². The molecule has 0 radical (unpaired) electrons. The monoisotopic (exact) mass is 281 g/mol. The molecule has 1 N–H and O–H groups in total. The van der Waals surface area contributed by atoms with Crippen molar-refractivity contribution in [2.24, 2.45) is 0 Å². The Morgan fingerprint density at radius 3 is 2.68 bits per heavy atom. The van der Waals surface area contributed by atoms with Crippen LogP contribution in [0.2, 0.25) is 0 Å². The molecule has 1 saturated carbocycles. The SMILES string of the molecule is CSC1(CNc2nc(C)cc(OC(C)C)n2)CCC1. The number of rotatable bonds is 6. The van der Waals surface area contributed by atoms with E-state index < -0.39 is 0 Å². The lowest BCUT2D eigenvalue weighted by molar-refractivity contribution is 0.232. The Hall–Kier alpha value is -0.970. The van der Waals surface area contributed by atoms with Crippen molar-refractivity contribution < 1.29 is 4.74 Å². The van der Waals surface area contributed by atoms with Crippen LogP contribution in [0.1, 0.15) is 38.8 Å². The summed E-state index contributed by atoms with van der Waals surface area (Å²) in [6.45, 7) is 6.90. The van der Waals surface area contributed by atoms with E-state index in [-0.39, 0.29) is 6.10 Å². The van der Waals surface area contributed by atoms with Gasteiger partial charge in [0.15, 0.2) is 0 Å². The predicted octanol–water partition coefficient (Wildman–Crippen LogP) is 3.27. The van der Waals surface area contributed by atoms with Gasteiger partial charge in [0.05, 0.1) is 6.10 Å². The van der Waals surface area contributed by atoms with E-state index in [0.29, 0.717) is 16.6 Å². The lowest BCUT2D eigenvalue weighted by atomic mass is 9.84.